The average molecular weight is 377 g/mol. The van der Waals surface area contributed by atoms with Gasteiger partial charge in [-0.15, -0.1) is 0 Å². The third kappa shape index (κ3) is 2.33. The van der Waals surface area contributed by atoms with Gasteiger partial charge in [-0.05, 0) is 23.1 Å². The lowest BCUT2D eigenvalue weighted by Crippen LogP contribution is -2.41. The van der Waals surface area contributed by atoms with Crippen LogP contribution in [0.4, 0.5) is 0 Å². The summed E-state index contributed by atoms with van der Waals surface area (Å²) in [7, 11) is 0. The minimum atomic E-state index is -0.732. The van der Waals surface area contributed by atoms with Crippen molar-refractivity contribution in [2.45, 2.75) is 16.7 Å². The van der Waals surface area contributed by atoms with Crippen molar-refractivity contribution in [3.63, 3.8) is 0 Å². The van der Waals surface area contributed by atoms with Crippen LogP contribution in [0.1, 0.15) is 33.0 Å². The quantitative estimate of drug-likeness (QED) is 0.539. The molecule has 1 aliphatic rings. The van der Waals surface area contributed by atoms with Crippen LogP contribution in [0.15, 0.2) is 84.9 Å². The van der Waals surface area contributed by atoms with E-state index in [9.17, 15) is 4.79 Å². The molecule has 2 heteroatoms. The fourth-order valence-electron chi connectivity index (χ4n) is 3.68. The monoisotopic (exact) mass is 376 g/mol. The minimum absolute atomic E-state index is 0.0588. The number of carbonyl (C=O) groups excluding carboxylic acids is 1. The van der Waals surface area contributed by atoms with Crippen molar-refractivity contribution >= 4 is 21.7 Å². The van der Waals surface area contributed by atoms with E-state index < -0.39 is 4.32 Å². The van der Waals surface area contributed by atoms with Crippen molar-refractivity contribution in [3.05, 3.63) is 107 Å². The number of fused-ring (bicyclic) bond motifs is 1. The van der Waals surface area contributed by atoms with Gasteiger partial charge in [-0.2, -0.15) is 0 Å². The van der Waals surface area contributed by atoms with E-state index in [1.54, 1.807) is 0 Å². The highest BCUT2D eigenvalue weighted by molar-refractivity contribution is 9.10. The zero-order valence-electron chi connectivity index (χ0n) is 13.2. The van der Waals surface area contributed by atoms with Gasteiger partial charge in [-0.25, -0.2) is 0 Å². The van der Waals surface area contributed by atoms with Crippen LogP contribution >= 0.6 is 15.9 Å². The Kier molecular flexibility index (Phi) is 3.85. The number of rotatable bonds is 2. The molecule has 118 valence electrons. The van der Waals surface area contributed by atoms with Crippen LogP contribution in [0.5, 0.6) is 0 Å². The summed E-state index contributed by atoms with van der Waals surface area (Å²) in [5.74, 6) is 0.202. The first kappa shape index (κ1) is 15.3. The zero-order valence-corrected chi connectivity index (χ0v) is 14.7. The molecule has 0 aliphatic heterocycles. The predicted molar refractivity (Wildman–Crippen MR) is 101 cm³/mol. The Morgan fingerprint density at radius 3 is 2.08 bits per heavy atom. The normalized spacial score (nSPS) is 22.9. The third-order valence-corrected chi connectivity index (χ3v) is 6.26. The summed E-state index contributed by atoms with van der Waals surface area (Å²) in [4.78, 5) is 13.5. The molecule has 3 aromatic carbocycles. The fourth-order valence-corrected chi connectivity index (χ4v) is 4.58. The molecule has 0 fully saturated rings. The highest BCUT2D eigenvalue weighted by Crippen LogP contribution is 2.51. The first-order chi connectivity index (χ1) is 11.7. The van der Waals surface area contributed by atoms with Crippen LogP contribution in [0.3, 0.4) is 0 Å². The summed E-state index contributed by atoms with van der Waals surface area (Å²) < 4.78 is -0.732. The maximum Gasteiger partial charge on any atom is 0.184 e. The van der Waals surface area contributed by atoms with Gasteiger partial charge in [0.2, 0.25) is 0 Å². The fraction of sp³-hybridized carbons (Fsp3) is 0.136. The van der Waals surface area contributed by atoms with E-state index in [-0.39, 0.29) is 11.7 Å². The molecule has 0 radical (unpaired) electrons. The maximum absolute atomic E-state index is 13.5. The number of alkyl halides is 1. The number of halogens is 1. The molecule has 0 saturated heterocycles. The van der Waals surface area contributed by atoms with Crippen LogP contribution in [0, 0.1) is 0 Å². The Morgan fingerprint density at radius 2 is 1.38 bits per heavy atom. The molecule has 0 saturated carbocycles. The van der Waals surface area contributed by atoms with Crippen molar-refractivity contribution in [1.82, 2.24) is 0 Å². The first-order valence-electron chi connectivity index (χ1n) is 8.13. The summed E-state index contributed by atoms with van der Waals surface area (Å²) in [6, 6.07) is 28.3. The molecular weight excluding hydrogens is 360 g/mol. The molecule has 0 spiro atoms. The van der Waals surface area contributed by atoms with E-state index in [0.717, 1.165) is 23.1 Å². The highest BCUT2D eigenvalue weighted by atomic mass is 79.9. The highest BCUT2D eigenvalue weighted by Gasteiger charge is 2.49. The van der Waals surface area contributed by atoms with Crippen LogP contribution in [0.25, 0.3) is 0 Å². The van der Waals surface area contributed by atoms with Crippen LogP contribution in [-0.2, 0) is 10.7 Å². The average Bonchev–Trinajstić information content (AvgIpc) is 2.66. The van der Waals surface area contributed by atoms with E-state index in [0.29, 0.717) is 0 Å². The van der Waals surface area contributed by atoms with E-state index in [4.69, 9.17) is 0 Å². The lowest BCUT2D eigenvalue weighted by Gasteiger charge is -2.40. The number of benzene rings is 3. The molecule has 4 rings (SSSR count). The van der Waals surface area contributed by atoms with E-state index >= 15 is 0 Å². The van der Waals surface area contributed by atoms with E-state index in [2.05, 4.69) is 34.1 Å². The molecule has 0 N–H and O–H groups in total. The van der Waals surface area contributed by atoms with Crippen LogP contribution < -0.4 is 0 Å². The Hall–Kier alpha value is -2.19. The number of ketones is 1. The van der Waals surface area contributed by atoms with E-state index in [1.807, 2.05) is 66.7 Å². The van der Waals surface area contributed by atoms with Crippen molar-refractivity contribution in [2.24, 2.45) is 0 Å². The third-order valence-electron chi connectivity index (χ3n) is 4.89. The molecule has 0 aromatic heterocycles. The summed E-state index contributed by atoms with van der Waals surface area (Å²) in [6.45, 7) is 0. The SMILES string of the molecule is O=C1c2ccccc2CC(c2ccccc2)C1(Br)c1ccccc1. The number of hydrogen-bond acceptors (Lipinski definition) is 1. The van der Waals surface area contributed by atoms with Gasteiger partial charge < -0.3 is 0 Å². The standard InChI is InChI=1S/C22H17BrO/c23-22(18-12-5-2-6-13-18)20(16-9-3-1-4-10-16)15-17-11-7-8-14-19(17)21(22)24/h1-14,20H,15H2. The summed E-state index contributed by atoms with van der Waals surface area (Å²) in [5, 5.41) is 0. The summed E-state index contributed by atoms with van der Waals surface area (Å²) >= 11 is 3.89. The van der Waals surface area contributed by atoms with Crippen molar-refractivity contribution in [3.8, 4) is 0 Å². The zero-order chi connectivity index (χ0) is 16.6. The lowest BCUT2D eigenvalue weighted by atomic mass is 9.69. The lowest BCUT2D eigenvalue weighted by molar-refractivity contribution is 0.0917. The molecule has 0 heterocycles. The summed E-state index contributed by atoms with van der Waals surface area (Å²) in [6.07, 6.45) is 0.839. The van der Waals surface area contributed by atoms with Crippen molar-refractivity contribution in [1.29, 1.82) is 0 Å². The number of hydrogen-bond donors (Lipinski definition) is 0. The molecular formula is C22H17BrO. The molecule has 1 nitrogen and oxygen atoms in total. The Bertz CT molecular complexity index is 873. The first-order valence-corrected chi connectivity index (χ1v) is 8.92. The topological polar surface area (TPSA) is 17.1 Å². The molecule has 24 heavy (non-hydrogen) atoms. The van der Waals surface area contributed by atoms with E-state index in [1.165, 1.54) is 5.56 Å². The second-order valence-corrected chi connectivity index (χ2v) is 7.48. The van der Waals surface area contributed by atoms with Gasteiger partial charge in [-0.3, -0.25) is 4.79 Å². The van der Waals surface area contributed by atoms with Gasteiger partial charge in [0, 0.05) is 11.5 Å². The number of Topliss-reactive ketones (excluding diaryl/α,β-unsaturated/α-hetero) is 1. The largest absolute Gasteiger partial charge is 0.292 e. The van der Waals surface area contributed by atoms with Gasteiger partial charge in [-0.1, -0.05) is 101 Å². The van der Waals surface area contributed by atoms with Gasteiger partial charge in [0.05, 0.1) is 0 Å². The Balaban J connectivity index is 1.95. The van der Waals surface area contributed by atoms with Crippen LogP contribution in [-0.4, -0.2) is 5.78 Å². The van der Waals surface area contributed by atoms with Crippen molar-refractivity contribution < 1.29 is 4.79 Å². The summed E-state index contributed by atoms with van der Waals surface area (Å²) in [5.41, 5.74) is 4.15. The van der Waals surface area contributed by atoms with Gasteiger partial charge in [0.1, 0.15) is 4.32 Å². The molecule has 2 unspecified atom stereocenters. The maximum atomic E-state index is 13.5. The Morgan fingerprint density at radius 1 is 0.792 bits per heavy atom. The van der Waals surface area contributed by atoms with Gasteiger partial charge in [0.15, 0.2) is 5.78 Å². The molecule has 2 atom stereocenters. The molecule has 0 bridgehead atoms. The van der Waals surface area contributed by atoms with Gasteiger partial charge >= 0.3 is 0 Å². The van der Waals surface area contributed by atoms with Crippen LogP contribution in [0.2, 0.25) is 0 Å². The Labute approximate surface area is 150 Å². The minimum Gasteiger partial charge on any atom is -0.292 e. The van der Waals surface area contributed by atoms with Gasteiger partial charge in [0.25, 0.3) is 0 Å². The second-order valence-electron chi connectivity index (χ2n) is 6.23. The number of carbonyl (C=O) groups is 1. The van der Waals surface area contributed by atoms with Crippen molar-refractivity contribution in [2.75, 3.05) is 0 Å². The second kappa shape index (κ2) is 6.03. The molecule has 3 aromatic rings. The predicted octanol–water partition coefficient (Wildman–Crippen LogP) is 5.50. The molecule has 0 amide bonds. The smallest absolute Gasteiger partial charge is 0.184 e. The molecule has 1 aliphatic carbocycles.